The van der Waals surface area contributed by atoms with Gasteiger partial charge in [-0.3, -0.25) is 9.34 Å². The van der Waals surface area contributed by atoms with Crippen LogP contribution in [-0.2, 0) is 6.42 Å². The highest BCUT2D eigenvalue weighted by atomic mass is 31.2. The molecule has 0 aromatic heterocycles. The van der Waals surface area contributed by atoms with Gasteiger partial charge in [-0.2, -0.15) is 0 Å². The summed E-state index contributed by atoms with van der Waals surface area (Å²) in [5, 5.41) is 0. The quantitative estimate of drug-likeness (QED) is 0.393. The summed E-state index contributed by atoms with van der Waals surface area (Å²) in [5.41, 5.74) is 13.4. The van der Waals surface area contributed by atoms with Crippen LogP contribution >= 0.6 is 7.19 Å². The van der Waals surface area contributed by atoms with Crippen LogP contribution in [0.4, 0.5) is 5.69 Å². The summed E-state index contributed by atoms with van der Waals surface area (Å²) in [6.45, 7) is 13.3. The van der Waals surface area contributed by atoms with Crippen LogP contribution in [-0.4, -0.2) is 48.0 Å². The van der Waals surface area contributed by atoms with Crippen molar-refractivity contribution in [3.05, 3.63) is 71.3 Å². The summed E-state index contributed by atoms with van der Waals surface area (Å²) < 4.78 is 5.22. The number of nitrogens with two attached hydrogens (primary N) is 1. The topological polar surface area (TPSA) is 32.0 Å². The molecule has 4 heteroatoms. The van der Waals surface area contributed by atoms with Crippen molar-refractivity contribution in [1.82, 2.24) is 9.34 Å². The standard InChI is InChI=1S/C24H32N3P/c1-18(2)21-7-5-20(6-8-21)15-23-16-22(9-10-24(23)25)19(3)17-28(4,26-11-12-26)27-13-14-27/h5-10,16,19H,1,4,11-15,17,25H2,2-3H3. The Hall–Kier alpha value is -1.80. The molecule has 1 atom stereocenters. The van der Waals surface area contributed by atoms with Crippen molar-refractivity contribution in [2.24, 2.45) is 0 Å². The van der Waals surface area contributed by atoms with Gasteiger partial charge in [-0.05, 0) is 53.7 Å². The summed E-state index contributed by atoms with van der Waals surface area (Å²) in [6, 6.07) is 15.3. The molecule has 1 unspecified atom stereocenters. The molecule has 2 aromatic rings. The molecule has 2 aliphatic heterocycles. The Labute approximate surface area is 169 Å². The number of allylic oxidation sites excluding steroid dienone is 1. The fraction of sp³-hybridized carbons (Fsp3) is 0.375. The number of nitrogen functional groups attached to an aromatic ring is 1. The van der Waals surface area contributed by atoms with E-state index < -0.39 is 7.19 Å². The van der Waals surface area contributed by atoms with Crippen molar-refractivity contribution < 1.29 is 0 Å². The van der Waals surface area contributed by atoms with E-state index >= 15 is 0 Å². The molecule has 0 saturated carbocycles. The lowest BCUT2D eigenvalue weighted by molar-refractivity contribution is 0.750. The van der Waals surface area contributed by atoms with E-state index in [4.69, 9.17) is 12.0 Å². The minimum atomic E-state index is -1.34. The minimum Gasteiger partial charge on any atom is -0.398 e. The predicted octanol–water partition coefficient (Wildman–Crippen LogP) is 4.91. The van der Waals surface area contributed by atoms with Gasteiger partial charge >= 0.3 is 0 Å². The third kappa shape index (κ3) is 4.12. The normalized spacial score (nSPS) is 18.1. The zero-order valence-corrected chi connectivity index (χ0v) is 18.1. The highest BCUT2D eigenvalue weighted by Crippen LogP contribution is 2.61. The van der Waals surface area contributed by atoms with E-state index in [1.54, 1.807) is 0 Å². The van der Waals surface area contributed by atoms with E-state index in [0.29, 0.717) is 5.92 Å². The average molecular weight is 394 g/mol. The molecule has 0 amide bonds. The summed E-state index contributed by atoms with van der Waals surface area (Å²) in [4.78, 5) is 0. The van der Waals surface area contributed by atoms with Crippen LogP contribution in [0.2, 0.25) is 0 Å². The van der Waals surface area contributed by atoms with Crippen molar-refractivity contribution >= 4 is 24.7 Å². The molecule has 0 bridgehead atoms. The van der Waals surface area contributed by atoms with Crippen LogP contribution in [0.3, 0.4) is 0 Å². The maximum absolute atomic E-state index is 6.32. The van der Waals surface area contributed by atoms with E-state index in [9.17, 15) is 0 Å². The van der Waals surface area contributed by atoms with Crippen molar-refractivity contribution in [2.75, 3.05) is 38.1 Å². The molecule has 2 fully saturated rings. The van der Waals surface area contributed by atoms with Gasteiger partial charge in [0.1, 0.15) is 0 Å². The van der Waals surface area contributed by atoms with Crippen LogP contribution in [0.25, 0.3) is 5.57 Å². The van der Waals surface area contributed by atoms with Crippen molar-refractivity contribution in [3.63, 3.8) is 0 Å². The Bertz CT molecular complexity index is 907. The Morgan fingerprint density at radius 3 is 2.21 bits per heavy atom. The summed E-state index contributed by atoms with van der Waals surface area (Å²) >= 11 is 0. The number of rotatable bonds is 8. The Morgan fingerprint density at radius 1 is 1.07 bits per heavy atom. The number of benzene rings is 2. The first kappa shape index (κ1) is 19.5. The molecule has 2 aromatic carbocycles. The van der Waals surface area contributed by atoms with Crippen LogP contribution < -0.4 is 5.73 Å². The molecule has 148 valence electrons. The van der Waals surface area contributed by atoms with Crippen LogP contribution in [0.5, 0.6) is 0 Å². The zero-order valence-electron chi connectivity index (χ0n) is 17.2. The Morgan fingerprint density at radius 2 is 1.68 bits per heavy atom. The summed E-state index contributed by atoms with van der Waals surface area (Å²) in [6.07, 6.45) is 6.76. The van der Waals surface area contributed by atoms with Crippen LogP contribution in [0, 0.1) is 0 Å². The molecule has 28 heavy (non-hydrogen) atoms. The van der Waals surface area contributed by atoms with E-state index in [1.165, 1.54) is 54.6 Å². The Balaban J connectivity index is 1.51. The average Bonchev–Trinajstić information content (AvgIpc) is 3.56. The maximum Gasteiger partial charge on any atom is 0.0350 e. The molecular weight excluding hydrogens is 361 g/mol. The first-order valence-corrected chi connectivity index (χ1v) is 12.3. The Kier molecular flexibility index (Phi) is 5.26. The van der Waals surface area contributed by atoms with Gasteiger partial charge in [-0.15, -0.1) is 0 Å². The molecule has 0 aliphatic carbocycles. The van der Waals surface area contributed by atoms with Crippen LogP contribution in [0.15, 0.2) is 49.0 Å². The molecule has 0 spiro atoms. The SMILES string of the molecule is C=C(C)c1ccc(Cc2cc(C(C)CP(=C)(N3CC3)N3CC3)ccc2N)cc1. The zero-order chi connectivity index (χ0) is 19.9. The molecule has 2 saturated heterocycles. The van der Waals surface area contributed by atoms with Crippen molar-refractivity contribution in [1.29, 1.82) is 0 Å². The molecule has 3 nitrogen and oxygen atoms in total. The lowest BCUT2D eigenvalue weighted by Crippen LogP contribution is -2.13. The lowest BCUT2D eigenvalue weighted by atomic mass is 9.95. The fourth-order valence-corrected chi connectivity index (χ4v) is 7.58. The first-order chi connectivity index (χ1) is 13.4. The van der Waals surface area contributed by atoms with E-state index in [2.05, 4.69) is 65.3 Å². The van der Waals surface area contributed by atoms with Gasteiger partial charge in [0.2, 0.25) is 0 Å². The molecule has 4 rings (SSSR count). The number of nitrogens with zero attached hydrogens (tertiary/aromatic N) is 2. The van der Waals surface area contributed by atoms with Gasteiger partial charge in [0, 0.05) is 39.1 Å². The fourth-order valence-electron chi connectivity index (χ4n) is 4.00. The van der Waals surface area contributed by atoms with Gasteiger partial charge in [0.25, 0.3) is 0 Å². The molecule has 2 heterocycles. The first-order valence-electron chi connectivity index (χ1n) is 10.2. The van der Waals surface area contributed by atoms with Crippen molar-refractivity contribution in [2.45, 2.75) is 26.2 Å². The third-order valence-corrected chi connectivity index (χ3v) is 10.1. The smallest absolute Gasteiger partial charge is 0.0350 e. The summed E-state index contributed by atoms with van der Waals surface area (Å²) in [7, 11) is -1.34. The second-order valence-corrected chi connectivity index (χ2v) is 11.7. The number of anilines is 1. The number of hydrogen-bond donors (Lipinski definition) is 1. The molecule has 0 radical (unpaired) electrons. The van der Waals surface area contributed by atoms with Gasteiger partial charge in [-0.1, -0.05) is 61.8 Å². The van der Waals surface area contributed by atoms with Gasteiger partial charge in [0.05, 0.1) is 0 Å². The summed E-state index contributed by atoms with van der Waals surface area (Å²) in [5.74, 6) is 0.497. The highest BCUT2D eigenvalue weighted by molar-refractivity contribution is 7.69. The third-order valence-electron chi connectivity index (χ3n) is 6.04. The van der Waals surface area contributed by atoms with Gasteiger partial charge in [-0.25, -0.2) is 0 Å². The molecule has 2 N–H and O–H groups in total. The second kappa shape index (κ2) is 7.55. The minimum absolute atomic E-state index is 0.497. The predicted molar refractivity (Wildman–Crippen MR) is 125 cm³/mol. The van der Waals surface area contributed by atoms with Crippen molar-refractivity contribution in [3.8, 4) is 0 Å². The van der Waals surface area contributed by atoms with E-state index in [-0.39, 0.29) is 0 Å². The van der Waals surface area contributed by atoms with Gasteiger partial charge < -0.3 is 5.73 Å². The van der Waals surface area contributed by atoms with Gasteiger partial charge in [0.15, 0.2) is 0 Å². The lowest BCUT2D eigenvalue weighted by Gasteiger charge is -2.30. The second-order valence-electron chi connectivity index (χ2n) is 8.48. The number of hydrogen-bond acceptors (Lipinski definition) is 3. The monoisotopic (exact) mass is 393 g/mol. The largest absolute Gasteiger partial charge is 0.398 e. The van der Waals surface area contributed by atoms with Crippen LogP contribution in [0.1, 0.15) is 42.0 Å². The van der Waals surface area contributed by atoms with E-state index in [1.807, 2.05) is 6.92 Å². The highest BCUT2D eigenvalue weighted by Gasteiger charge is 2.42. The maximum atomic E-state index is 6.32. The molecule has 2 aliphatic rings. The molecular formula is C24H32N3P. The van der Waals surface area contributed by atoms with E-state index in [0.717, 1.165) is 17.7 Å².